The summed E-state index contributed by atoms with van der Waals surface area (Å²) < 4.78 is 7.30. The Morgan fingerprint density at radius 1 is 1.34 bits per heavy atom. The molecule has 4 heterocycles. The summed E-state index contributed by atoms with van der Waals surface area (Å²) in [5.41, 5.74) is 10.0. The summed E-state index contributed by atoms with van der Waals surface area (Å²) in [4.78, 5) is 11.3. The van der Waals surface area contributed by atoms with Gasteiger partial charge in [0, 0.05) is 35.3 Å². The van der Waals surface area contributed by atoms with Crippen molar-refractivity contribution in [3.63, 3.8) is 0 Å². The van der Waals surface area contributed by atoms with E-state index in [1.807, 2.05) is 31.2 Å². The maximum Gasteiger partial charge on any atom is 0.177 e. The molecule has 32 heavy (non-hydrogen) atoms. The fourth-order valence-corrected chi connectivity index (χ4v) is 4.32. The molecule has 0 saturated carbocycles. The van der Waals surface area contributed by atoms with Crippen molar-refractivity contribution in [1.29, 1.82) is 5.26 Å². The number of nitrogens with zero attached hydrogens (tertiary/aromatic N) is 6. The summed E-state index contributed by atoms with van der Waals surface area (Å²) in [6, 6.07) is 9.64. The third-order valence-electron chi connectivity index (χ3n) is 5.63. The van der Waals surface area contributed by atoms with Crippen molar-refractivity contribution in [2.24, 2.45) is 0 Å². The van der Waals surface area contributed by atoms with Crippen LogP contribution < -0.4 is 10.6 Å². The van der Waals surface area contributed by atoms with Gasteiger partial charge < -0.3 is 20.5 Å². The van der Waals surface area contributed by atoms with E-state index in [1.54, 1.807) is 10.7 Å². The standard InChI is InChI=1S/C22H20ClN7O2/c1-12-19(16-4-5-26-18-8-13(23)2-3-15(16)18)22(29-10-14(11-29)32-7-6-31)30-21(27-12)17(9-24)20(25)28-30/h2-5,8,14,31H,6-7,10-11H2,1H3,(H2,25,28). The largest absolute Gasteiger partial charge is 0.394 e. The van der Waals surface area contributed by atoms with Crippen LogP contribution >= 0.6 is 11.6 Å². The molecule has 0 spiro atoms. The molecule has 10 heteroatoms. The number of pyridine rings is 1. The van der Waals surface area contributed by atoms with Gasteiger partial charge >= 0.3 is 0 Å². The highest BCUT2D eigenvalue weighted by Crippen LogP contribution is 2.40. The smallest absolute Gasteiger partial charge is 0.177 e. The molecular formula is C22H20ClN7O2. The Bertz CT molecular complexity index is 1390. The van der Waals surface area contributed by atoms with Crippen molar-refractivity contribution in [3.05, 3.63) is 46.7 Å². The zero-order valence-corrected chi connectivity index (χ0v) is 18.0. The van der Waals surface area contributed by atoms with Gasteiger partial charge in [-0.2, -0.15) is 9.78 Å². The lowest BCUT2D eigenvalue weighted by molar-refractivity contribution is 0.0132. The van der Waals surface area contributed by atoms with E-state index in [0.717, 1.165) is 33.5 Å². The maximum atomic E-state index is 9.59. The Labute approximate surface area is 188 Å². The number of aliphatic hydroxyl groups excluding tert-OH is 1. The normalized spacial score (nSPS) is 14.1. The summed E-state index contributed by atoms with van der Waals surface area (Å²) in [6.07, 6.45) is 1.73. The lowest BCUT2D eigenvalue weighted by Crippen LogP contribution is -2.53. The molecule has 1 fully saturated rings. The molecule has 1 aliphatic heterocycles. The van der Waals surface area contributed by atoms with E-state index in [4.69, 9.17) is 32.2 Å². The molecule has 0 aliphatic carbocycles. The molecule has 1 aliphatic rings. The van der Waals surface area contributed by atoms with Crippen LogP contribution in [0.15, 0.2) is 30.5 Å². The van der Waals surface area contributed by atoms with Crippen LogP contribution in [0.4, 0.5) is 11.6 Å². The van der Waals surface area contributed by atoms with Gasteiger partial charge in [0.25, 0.3) is 0 Å². The molecule has 5 rings (SSSR count). The topological polar surface area (TPSA) is 126 Å². The van der Waals surface area contributed by atoms with Crippen LogP contribution in [0.1, 0.15) is 11.3 Å². The fraction of sp³-hybridized carbons (Fsp3) is 0.273. The Balaban J connectivity index is 1.75. The van der Waals surface area contributed by atoms with Gasteiger partial charge in [-0.05, 0) is 30.7 Å². The van der Waals surface area contributed by atoms with Gasteiger partial charge in [0.2, 0.25) is 0 Å². The van der Waals surface area contributed by atoms with Crippen molar-refractivity contribution in [2.45, 2.75) is 13.0 Å². The van der Waals surface area contributed by atoms with E-state index >= 15 is 0 Å². The van der Waals surface area contributed by atoms with E-state index in [1.165, 1.54) is 0 Å². The number of hydrogen-bond acceptors (Lipinski definition) is 8. The maximum absolute atomic E-state index is 9.59. The monoisotopic (exact) mass is 449 g/mol. The average Bonchev–Trinajstić information content (AvgIpc) is 3.06. The number of nitrogen functional groups attached to an aromatic ring is 1. The number of rotatable bonds is 5. The van der Waals surface area contributed by atoms with E-state index in [2.05, 4.69) is 21.1 Å². The molecule has 4 aromatic rings. The first-order chi connectivity index (χ1) is 15.5. The summed E-state index contributed by atoms with van der Waals surface area (Å²) in [6.45, 7) is 3.40. The van der Waals surface area contributed by atoms with Gasteiger partial charge in [-0.25, -0.2) is 4.98 Å². The van der Waals surface area contributed by atoms with Crippen molar-refractivity contribution >= 4 is 39.8 Å². The SMILES string of the molecule is Cc1nc2c(C#N)c(N)nn2c(N2CC(OCCO)C2)c1-c1ccnc2cc(Cl)ccc12. The predicted molar refractivity (Wildman–Crippen MR) is 122 cm³/mol. The summed E-state index contributed by atoms with van der Waals surface area (Å²) in [7, 11) is 0. The third kappa shape index (κ3) is 3.20. The van der Waals surface area contributed by atoms with Crippen LogP contribution in [-0.4, -0.2) is 57.1 Å². The number of aromatic nitrogens is 4. The molecule has 3 N–H and O–H groups in total. The quantitative estimate of drug-likeness (QED) is 0.476. The number of ether oxygens (including phenoxy) is 1. The Kier molecular flexibility index (Phi) is 5.06. The van der Waals surface area contributed by atoms with Gasteiger partial charge in [0.1, 0.15) is 17.5 Å². The van der Waals surface area contributed by atoms with Crippen LogP contribution in [0.5, 0.6) is 0 Å². The first kappa shape index (κ1) is 20.5. The number of nitriles is 1. The van der Waals surface area contributed by atoms with Crippen molar-refractivity contribution < 1.29 is 9.84 Å². The summed E-state index contributed by atoms with van der Waals surface area (Å²) >= 11 is 6.18. The van der Waals surface area contributed by atoms with Gasteiger partial charge in [-0.3, -0.25) is 4.98 Å². The number of fused-ring (bicyclic) bond motifs is 2. The first-order valence-corrected chi connectivity index (χ1v) is 10.5. The molecule has 162 valence electrons. The molecule has 0 amide bonds. The molecular weight excluding hydrogens is 430 g/mol. The number of anilines is 2. The number of halogens is 1. The second-order valence-corrected chi connectivity index (χ2v) is 8.08. The molecule has 9 nitrogen and oxygen atoms in total. The molecule has 0 atom stereocenters. The van der Waals surface area contributed by atoms with Gasteiger partial charge in [-0.15, -0.1) is 5.10 Å². The zero-order chi connectivity index (χ0) is 22.4. The van der Waals surface area contributed by atoms with Crippen LogP contribution in [0.3, 0.4) is 0 Å². The zero-order valence-electron chi connectivity index (χ0n) is 17.3. The van der Waals surface area contributed by atoms with Crippen molar-refractivity contribution in [3.8, 4) is 17.2 Å². The Morgan fingerprint density at radius 2 is 2.16 bits per heavy atom. The highest BCUT2D eigenvalue weighted by Gasteiger charge is 2.33. The number of benzene rings is 1. The summed E-state index contributed by atoms with van der Waals surface area (Å²) in [5.74, 6) is 0.921. The van der Waals surface area contributed by atoms with Crippen LogP contribution in [0, 0.1) is 18.3 Å². The van der Waals surface area contributed by atoms with Gasteiger partial charge in [-0.1, -0.05) is 17.7 Å². The second kappa shape index (κ2) is 7.91. The lowest BCUT2D eigenvalue weighted by Gasteiger charge is -2.41. The van der Waals surface area contributed by atoms with Gasteiger partial charge in [0.15, 0.2) is 11.5 Å². The highest BCUT2D eigenvalue weighted by molar-refractivity contribution is 6.31. The molecule has 3 aromatic heterocycles. The predicted octanol–water partition coefficient (Wildman–Crippen LogP) is 2.56. The van der Waals surface area contributed by atoms with Crippen LogP contribution in [-0.2, 0) is 4.74 Å². The minimum Gasteiger partial charge on any atom is -0.394 e. The molecule has 1 saturated heterocycles. The number of nitrogens with two attached hydrogens (primary N) is 1. The van der Waals surface area contributed by atoms with E-state index < -0.39 is 0 Å². The fourth-order valence-electron chi connectivity index (χ4n) is 4.15. The van der Waals surface area contributed by atoms with Crippen molar-refractivity contribution in [2.75, 3.05) is 36.9 Å². The molecule has 0 unspecified atom stereocenters. The molecule has 0 radical (unpaired) electrons. The molecule has 1 aromatic carbocycles. The highest BCUT2D eigenvalue weighted by atomic mass is 35.5. The van der Waals surface area contributed by atoms with Crippen molar-refractivity contribution in [1.82, 2.24) is 19.6 Å². The van der Waals surface area contributed by atoms with Crippen LogP contribution in [0.2, 0.25) is 5.02 Å². The third-order valence-corrected chi connectivity index (χ3v) is 5.86. The minimum absolute atomic E-state index is 0.00476. The first-order valence-electron chi connectivity index (χ1n) is 10.1. The average molecular weight is 450 g/mol. The Morgan fingerprint density at radius 3 is 2.91 bits per heavy atom. The lowest BCUT2D eigenvalue weighted by atomic mass is 9.98. The van der Waals surface area contributed by atoms with E-state index in [-0.39, 0.29) is 24.1 Å². The second-order valence-electron chi connectivity index (χ2n) is 7.64. The van der Waals surface area contributed by atoms with Gasteiger partial charge in [0.05, 0.1) is 30.5 Å². The number of aryl methyl sites for hydroxylation is 1. The van der Waals surface area contributed by atoms with Crippen LogP contribution in [0.25, 0.3) is 27.7 Å². The van der Waals surface area contributed by atoms with E-state index in [0.29, 0.717) is 30.4 Å². The molecule has 0 bridgehead atoms. The van der Waals surface area contributed by atoms with E-state index in [9.17, 15) is 5.26 Å². The number of aliphatic hydroxyl groups is 1. The Hall–Kier alpha value is -3.45. The number of hydrogen-bond donors (Lipinski definition) is 2. The minimum atomic E-state index is -0.0207. The summed E-state index contributed by atoms with van der Waals surface area (Å²) in [5, 5.41) is 24.6.